The van der Waals surface area contributed by atoms with Crippen LogP contribution in [0.1, 0.15) is 26.0 Å². The van der Waals surface area contributed by atoms with Crippen LogP contribution in [0, 0.1) is 0 Å². The normalized spacial score (nSPS) is 13.1. The molecule has 1 aromatic rings. The minimum absolute atomic E-state index is 0.318. The van der Waals surface area contributed by atoms with Gasteiger partial charge >= 0.3 is 0 Å². The van der Waals surface area contributed by atoms with E-state index in [-0.39, 0.29) is 0 Å². The molecular weight excluding hydrogens is 194 g/mol. The molecule has 1 heterocycles. The third-order valence-electron chi connectivity index (χ3n) is 2.11. The standard InChI is InChI=1S/C10H19N3S/c1-3-13-8-12-6-10(13)7-14-5-4-9(2)11/h6,8-9H,3-5,7,11H2,1-2H3. The Labute approximate surface area is 90.1 Å². The first kappa shape index (κ1) is 11.6. The van der Waals surface area contributed by atoms with E-state index in [1.807, 2.05) is 24.3 Å². The molecule has 1 atom stereocenters. The molecule has 0 saturated heterocycles. The van der Waals surface area contributed by atoms with Crippen LogP contribution in [0.2, 0.25) is 0 Å². The van der Waals surface area contributed by atoms with Gasteiger partial charge in [-0.25, -0.2) is 4.98 Å². The zero-order valence-electron chi connectivity index (χ0n) is 8.94. The van der Waals surface area contributed by atoms with Crippen molar-refractivity contribution in [2.75, 3.05) is 5.75 Å². The lowest BCUT2D eigenvalue weighted by Crippen LogP contribution is -2.15. The molecule has 0 bridgehead atoms. The van der Waals surface area contributed by atoms with Crippen molar-refractivity contribution in [1.29, 1.82) is 0 Å². The summed E-state index contributed by atoms with van der Waals surface area (Å²) in [5.41, 5.74) is 6.98. The van der Waals surface area contributed by atoms with Crippen molar-refractivity contribution in [2.24, 2.45) is 5.73 Å². The van der Waals surface area contributed by atoms with Gasteiger partial charge in [-0.05, 0) is 26.0 Å². The number of thioether (sulfide) groups is 1. The van der Waals surface area contributed by atoms with Crippen LogP contribution in [0.25, 0.3) is 0 Å². The molecule has 1 aromatic heterocycles. The minimum Gasteiger partial charge on any atom is -0.334 e. The van der Waals surface area contributed by atoms with E-state index in [0.29, 0.717) is 6.04 Å². The molecule has 0 amide bonds. The first-order valence-corrected chi connectivity index (χ1v) is 6.21. The molecule has 1 rings (SSSR count). The Balaban J connectivity index is 2.24. The SMILES string of the molecule is CCn1cncc1CSCCC(C)N. The van der Waals surface area contributed by atoms with E-state index in [2.05, 4.69) is 23.4 Å². The Morgan fingerprint density at radius 1 is 1.64 bits per heavy atom. The smallest absolute Gasteiger partial charge is 0.0948 e. The van der Waals surface area contributed by atoms with E-state index in [0.717, 1.165) is 24.5 Å². The number of aryl methyl sites for hydroxylation is 1. The number of nitrogens with zero attached hydrogens (tertiary/aromatic N) is 2. The molecule has 0 spiro atoms. The van der Waals surface area contributed by atoms with Gasteiger partial charge in [-0.2, -0.15) is 11.8 Å². The third kappa shape index (κ3) is 3.72. The van der Waals surface area contributed by atoms with Gasteiger partial charge in [-0.1, -0.05) is 0 Å². The van der Waals surface area contributed by atoms with Gasteiger partial charge in [-0.15, -0.1) is 0 Å². The summed E-state index contributed by atoms with van der Waals surface area (Å²) in [7, 11) is 0. The topological polar surface area (TPSA) is 43.8 Å². The highest BCUT2D eigenvalue weighted by atomic mass is 32.2. The monoisotopic (exact) mass is 213 g/mol. The summed E-state index contributed by atoms with van der Waals surface area (Å²) in [4.78, 5) is 4.13. The molecule has 3 nitrogen and oxygen atoms in total. The summed E-state index contributed by atoms with van der Waals surface area (Å²) in [6, 6.07) is 0.318. The van der Waals surface area contributed by atoms with Gasteiger partial charge in [0.25, 0.3) is 0 Å². The molecule has 80 valence electrons. The van der Waals surface area contributed by atoms with E-state index in [1.54, 1.807) is 0 Å². The second kappa shape index (κ2) is 6.09. The van der Waals surface area contributed by atoms with Gasteiger partial charge in [0.15, 0.2) is 0 Å². The van der Waals surface area contributed by atoms with E-state index in [4.69, 9.17) is 5.73 Å². The largest absolute Gasteiger partial charge is 0.334 e. The zero-order valence-corrected chi connectivity index (χ0v) is 9.76. The molecule has 14 heavy (non-hydrogen) atoms. The zero-order chi connectivity index (χ0) is 10.4. The van der Waals surface area contributed by atoms with Crippen molar-refractivity contribution in [3.63, 3.8) is 0 Å². The van der Waals surface area contributed by atoms with Crippen LogP contribution in [0.15, 0.2) is 12.5 Å². The summed E-state index contributed by atoms with van der Waals surface area (Å²) >= 11 is 1.93. The molecule has 0 aliphatic heterocycles. The molecule has 2 N–H and O–H groups in total. The fourth-order valence-electron chi connectivity index (χ4n) is 1.20. The van der Waals surface area contributed by atoms with Gasteiger partial charge in [0.1, 0.15) is 0 Å². The molecule has 1 unspecified atom stereocenters. The van der Waals surface area contributed by atoms with Crippen molar-refractivity contribution < 1.29 is 0 Å². The Morgan fingerprint density at radius 3 is 3.07 bits per heavy atom. The van der Waals surface area contributed by atoms with Crippen LogP contribution < -0.4 is 5.73 Å². The first-order valence-electron chi connectivity index (χ1n) is 5.06. The summed E-state index contributed by atoms with van der Waals surface area (Å²) in [5.74, 6) is 2.17. The summed E-state index contributed by atoms with van der Waals surface area (Å²) in [5, 5.41) is 0. The maximum Gasteiger partial charge on any atom is 0.0948 e. The number of rotatable bonds is 6. The molecule has 0 saturated carbocycles. The lowest BCUT2D eigenvalue weighted by Gasteiger charge is -2.06. The summed E-state index contributed by atoms with van der Waals surface area (Å²) in [6.07, 6.45) is 4.93. The van der Waals surface area contributed by atoms with E-state index >= 15 is 0 Å². The average Bonchev–Trinajstić information content (AvgIpc) is 2.59. The highest BCUT2D eigenvalue weighted by Gasteiger charge is 2.00. The predicted octanol–water partition coefficient (Wildman–Crippen LogP) is 1.87. The second-order valence-electron chi connectivity index (χ2n) is 3.49. The third-order valence-corrected chi connectivity index (χ3v) is 3.13. The first-order chi connectivity index (χ1) is 6.74. The van der Waals surface area contributed by atoms with Crippen LogP contribution in [-0.2, 0) is 12.3 Å². The van der Waals surface area contributed by atoms with Gasteiger partial charge in [-0.3, -0.25) is 0 Å². The van der Waals surface area contributed by atoms with Crippen LogP contribution in [0.3, 0.4) is 0 Å². The fourth-order valence-corrected chi connectivity index (χ4v) is 2.33. The van der Waals surface area contributed by atoms with Crippen LogP contribution >= 0.6 is 11.8 Å². The molecule has 4 heteroatoms. The highest BCUT2D eigenvalue weighted by Crippen LogP contribution is 2.13. The maximum absolute atomic E-state index is 5.68. The lowest BCUT2D eigenvalue weighted by atomic mass is 10.3. The Hall–Kier alpha value is -0.480. The lowest BCUT2D eigenvalue weighted by molar-refractivity contribution is 0.718. The summed E-state index contributed by atoms with van der Waals surface area (Å²) in [6.45, 7) is 5.19. The van der Waals surface area contributed by atoms with Gasteiger partial charge < -0.3 is 10.3 Å². The number of imidazole rings is 1. The van der Waals surface area contributed by atoms with Crippen LogP contribution in [-0.4, -0.2) is 21.3 Å². The predicted molar refractivity (Wildman–Crippen MR) is 62.3 cm³/mol. The highest BCUT2D eigenvalue weighted by molar-refractivity contribution is 7.98. The van der Waals surface area contributed by atoms with Crippen molar-refractivity contribution in [2.45, 2.75) is 38.6 Å². The molecule has 0 radical (unpaired) electrons. The molecular formula is C10H19N3S. The maximum atomic E-state index is 5.68. The average molecular weight is 213 g/mol. The number of hydrogen-bond donors (Lipinski definition) is 1. The van der Waals surface area contributed by atoms with E-state index in [1.165, 1.54) is 5.69 Å². The quantitative estimate of drug-likeness (QED) is 0.734. The molecule has 0 aliphatic rings. The Bertz CT molecular complexity index is 258. The molecule has 0 fully saturated rings. The number of nitrogens with two attached hydrogens (primary N) is 1. The van der Waals surface area contributed by atoms with Crippen LogP contribution in [0.4, 0.5) is 0 Å². The van der Waals surface area contributed by atoms with Crippen LogP contribution in [0.5, 0.6) is 0 Å². The van der Waals surface area contributed by atoms with Crippen molar-refractivity contribution in [1.82, 2.24) is 9.55 Å². The number of hydrogen-bond acceptors (Lipinski definition) is 3. The van der Waals surface area contributed by atoms with Gasteiger partial charge in [0.2, 0.25) is 0 Å². The van der Waals surface area contributed by atoms with Crippen molar-refractivity contribution in [3.8, 4) is 0 Å². The van der Waals surface area contributed by atoms with Crippen molar-refractivity contribution >= 4 is 11.8 Å². The fraction of sp³-hybridized carbons (Fsp3) is 0.700. The van der Waals surface area contributed by atoms with E-state index in [9.17, 15) is 0 Å². The Kier molecular flexibility index (Phi) is 5.04. The molecule has 0 aliphatic carbocycles. The van der Waals surface area contributed by atoms with Gasteiger partial charge in [0, 0.05) is 30.2 Å². The minimum atomic E-state index is 0.318. The van der Waals surface area contributed by atoms with Crippen molar-refractivity contribution in [3.05, 3.63) is 18.2 Å². The van der Waals surface area contributed by atoms with E-state index < -0.39 is 0 Å². The summed E-state index contributed by atoms with van der Waals surface area (Å²) < 4.78 is 2.18. The Morgan fingerprint density at radius 2 is 2.43 bits per heavy atom. The molecule has 0 aromatic carbocycles. The number of aromatic nitrogens is 2. The van der Waals surface area contributed by atoms with Gasteiger partial charge in [0.05, 0.1) is 6.33 Å². The second-order valence-corrected chi connectivity index (χ2v) is 4.59.